The molecule has 0 spiro atoms. The van der Waals surface area contributed by atoms with Crippen molar-refractivity contribution in [2.24, 2.45) is 11.8 Å². The molecule has 0 aromatic rings. The maximum Gasteiger partial charge on any atom is 0.00331 e. The normalized spacial score (nSPS) is 20.2. The smallest absolute Gasteiger partial charge is 0.00331 e. The minimum atomic E-state index is 0.239. The summed E-state index contributed by atoms with van der Waals surface area (Å²) in [6.07, 6.45) is 20.0. The molecular weight excluding hydrogens is 417 g/mol. The molecule has 0 aliphatic carbocycles. The monoisotopic (exact) mass is 476 g/mol. The molecule has 182 valence electrons. The second-order valence-electron chi connectivity index (χ2n) is 10.2. The van der Waals surface area contributed by atoms with Gasteiger partial charge < -0.3 is 0 Å². The molecule has 0 radical (unpaired) electrons. The van der Waals surface area contributed by atoms with Crippen molar-refractivity contribution in [3.8, 4) is 0 Å². The van der Waals surface area contributed by atoms with Gasteiger partial charge in [0.1, 0.15) is 0 Å². The van der Waals surface area contributed by atoms with Gasteiger partial charge >= 0.3 is 0 Å². The molecule has 0 bridgehead atoms. The van der Waals surface area contributed by atoms with E-state index in [2.05, 4.69) is 76.2 Å². The summed E-state index contributed by atoms with van der Waals surface area (Å²) in [7, 11) is 10.6. The molecule has 0 N–H and O–H groups in total. The van der Waals surface area contributed by atoms with Crippen LogP contribution in [0, 0.1) is 11.8 Å². The summed E-state index contributed by atoms with van der Waals surface area (Å²) in [6, 6.07) is 0. The third-order valence-electron chi connectivity index (χ3n) is 8.09. The quantitative estimate of drug-likeness (QED) is 0.163. The van der Waals surface area contributed by atoms with Crippen molar-refractivity contribution in [3.05, 3.63) is 0 Å². The maximum atomic E-state index is 3.56. The third kappa shape index (κ3) is 7.40. The van der Waals surface area contributed by atoms with Gasteiger partial charge in [-0.2, -0.15) is 0 Å². The van der Waals surface area contributed by atoms with Crippen molar-refractivity contribution in [1.82, 2.24) is 0 Å². The Kier molecular flexibility index (Phi) is 16.7. The first-order valence-corrected chi connectivity index (χ1v) is 15.3. The highest BCUT2D eigenvalue weighted by molar-refractivity contribution is 7.28. The molecule has 0 aliphatic rings. The molecular formula is C27H59P3. The lowest BCUT2D eigenvalue weighted by molar-refractivity contribution is 0.151. The predicted octanol–water partition coefficient (Wildman–Crippen LogP) is 10.1. The summed E-state index contributed by atoms with van der Waals surface area (Å²) in [6.45, 7) is 16.8. The van der Waals surface area contributed by atoms with Gasteiger partial charge in [0.25, 0.3) is 0 Å². The molecule has 0 saturated heterocycles. The van der Waals surface area contributed by atoms with Gasteiger partial charge in [0.2, 0.25) is 0 Å². The SMILES string of the molecule is CCCCC(CCC)C(P)(CCC)C(P)(CC)C(P)(CCC)C(CCC)CCCC. The average Bonchev–Trinajstić information content (AvgIpc) is 2.73. The molecule has 0 aromatic carbocycles. The molecule has 30 heavy (non-hydrogen) atoms. The van der Waals surface area contributed by atoms with Crippen molar-refractivity contribution in [2.45, 2.75) is 160 Å². The van der Waals surface area contributed by atoms with Crippen molar-refractivity contribution >= 4 is 27.7 Å². The second-order valence-corrected chi connectivity index (χ2v) is 13.2. The largest absolute Gasteiger partial charge is 0.130 e. The van der Waals surface area contributed by atoms with Crippen LogP contribution in [0.1, 0.15) is 145 Å². The fourth-order valence-corrected chi connectivity index (χ4v) is 9.54. The van der Waals surface area contributed by atoms with E-state index >= 15 is 0 Å². The molecule has 0 rings (SSSR count). The number of rotatable bonds is 19. The Bertz CT molecular complexity index is 390. The molecule has 0 fully saturated rings. The maximum absolute atomic E-state index is 3.56. The molecule has 0 heterocycles. The summed E-state index contributed by atoms with van der Waals surface area (Å²) in [5.41, 5.74) is 0. The lowest BCUT2D eigenvalue weighted by atomic mass is 9.61. The first-order valence-electron chi connectivity index (χ1n) is 13.6. The van der Waals surface area contributed by atoms with Crippen LogP contribution in [0.5, 0.6) is 0 Å². The van der Waals surface area contributed by atoms with Gasteiger partial charge in [-0.15, -0.1) is 27.7 Å². The van der Waals surface area contributed by atoms with E-state index in [-0.39, 0.29) is 5.16 Å². The molecule has 7 atom stereocenters. The van der Waals surface area contributed by atoms with E-state index in [0.717, 1.165) is 11.8 Å². The Balaban J connectivity index is 6.57. The first kappa shape index (κ1) is 31.3. The molecule has 7 unspecified atom stereocenters. The third-order valence-corrected chi connectivity index (χ3v) is 12.8. The topological polar surface area (TPSA) is 0 Å². The Hall–Kier alpha value is 1.29. The van der Waals surface area contributed by atoms with Crippen molar-refractivity contribution < 1.29 is 0 Å². The molecule has 0 nitrogen and oxygen atoms in total. The van der Waals surface area contributed by atoms with E-state index < -0.39 is 0 Å². The lowest BCUT2D eigenvalue weighted by Gasteiger charge is -2.62. The number of hydrogen-bond donors (Lipinski definition) is 0. The van der Waals surface area contributed by atoms with Gasteiger partial charge in [-0.05, 0) is 67.1 Å². The fraction of sp³-hybridized carbons (Fsp3) is 1.00. The molecule has 0 aromatic heterocycles. The van der Waals surface area contributed by atoms with Gasteiger partial charge in [-0.25, -0.2) is 0 Å². The van der Waals surface area contributed by atoms with Gasteiger partial charge in [-0.3, -0.25) is 0 Å². The van der Waals surface area contributed by atoms with Crippen molar-refractivity contribution in [2.75, 3.05) is 0 Å². The molecule has 0 saturated carbocycles. The Morgan fingerprint density at radius 2 is 0.867 bits per heavy atom. The highest BCUT2D eigenvalue weighted by Gasteiger charge is 2.58. The zero-order chi connectivity index (χ0) is 23.3. The van der Waals surface area contributed by atoms with Gasteiger partial charge in [0, 0.05) is 5.16 Å². The molecule has 0 aliphatic heterocycles. The molecule has 3 heteroatoms. The van der Waals surface area contributed by atoms with Crippen LogP contribution in [-0.4, -0.2) is 15.5 Å². The lowest BCUT2D eigenvalue weighted by Crippen LogP contribution is -2.63. The van der Waals surface area contributed by atoms with Crippen LogP contribution >= 0.6 is 27.7 Å². The van der Waals surface area contributed by atoms with Gasteiger partial charge in [0.15, 0.2) is 0 Å². The summed E-state index contributed by atoms with van der Waals surface area (Å²) >= 11 is 0. The Morgan fingerprint density at radius 3 is 1.10 bits per heavy atom. The Labute approximate surface area is 199 Å². The van der Waals surface area contributed by atoms with Crippen molar-refractivity contribution in [3.63, 3.8) is 0 Å². The number of unbranched alkanes of at least 4 members (excludes halogenated alkanes) is 2. The van der Waals surface area contributed by atoms with E-state index in [1.54, 1.807) is 0 Å². The van der Waals surface area contributed by atoms with Gasteiger partial charge in [0.05, 0.1) is 0 Å². The van der Waals surface area contributed by atoms with E-state index in [9.17, 15) is 0 Å². The summed E-state index contributed by atoms with van der Waals surface area (Å²) in [5.74, 6) is 1.60. The summed E-state index contributed by atoms with van der Waals surface area (Å²) < 4.78 is 0. The molecule has 0 amide bonds. The number of hydrogen-bond acceptors (Lipinski definition) is 0. The summed E-state index contributed by atoms with van der Waals surface area (Å²) in [4.78, 5) is 0. The van der Waals surface area contributed by atoms with Crippen molar-refractivity contribution in [1.29, 1.82) is 0 Å². The van der Waals surface area contributed by atoms with E-state index in [1.807, 2.05) is 0 Å². The van der Waals surface area contributed by atoms with Gasteiger partial charge in [-0.1, -0.05) is 99.8 Å². The van der Waals surface area contributed by atoms with E-state index in [1.165, 1.54) is 96.3 Å². The van der Waals surface area contributed by atoms with Crippen LogP contribution in [-0.2, 0) is 0 Å². The second kappa shape index (κ2) is 16.0. The van der Waals surface area contributed by atoms with Crippen LogP contribution < -0.4 is 0 Å². The minimum absolute atomic E-state index is 0.239. The standard InChI is InChI=1S/C27H59P3/c1-8-15-19-23(17-10-3)25(28,21-12-5)27(30,14-7)26(29,22-13-6)24(18-11-4)20-16-9-2/h23-24H,8-22,28-30H2,1-7H3. The van der Waals surface area contributed by atoms with E-state index in [4.69, 9.17) is 0 Å². The Morgan fingerprint density at radius 1 is 0.500 bits per heavy atom. The zero-order valence-corrected chi connectivity index (χ0v) is 25.5. The summed E-state index contributed by atoms with van der Waals surface area (Å²) in [5, 5.41) is 0.825. The predicted molar refractivity (Wildman–Crippen MR) is 153 cm³/mol. The van der Waals surface area contributed by atoms with E-state index in [0.29, 0.717) is 10.3 Å². The van der Waals surface area contributed by atoms with Crippen LogP contribution in [0.4, 0.5) is 0 Å². The van der Waals surface area contributed by atoms with Crippen LogP contribution in [0.25, 0.3) is 0 Å². The van der Waals surface area contributed by atoms with Crippen LogP contribution in [0.3, 0.4) is 0 Å². The highest BCUT2D eigenvalue weighted by atomic mass is 31.0. The average molecular weight is 477 g/mol. The zero-order valence-electron chi connectivity index (χ0n) is 22.0. The van der Waals surface area contributed by atoms with Crippen LogP contribution in [0.15, 0.2) is 0 Å². The van der Waals surface area contributed by atoms with Crippen LogP contribution in [0.2, 0.25) is 0 Å². The fourth-order valence-electron chi connectivity index (χ4n) is 6.42. The first-order chi connectivity index (χ1) is 14.2. The highest BCUT2D eigenvalue weighted by Crippen LogP contribution is 2.63. The minimum Gasteiger partial charge on any atom is -0.130 e.